The van der Waals surface area contributed by atoms with Crippen LogP contribution in [0.2, 0.25) is 5.02 Å². The monoisotopic (exact) mass is 268 g/mol. The molecule has 3 nitrogen and oxygen atoms in total. The number of benzene rings is 1. The van der Waals surface area contributed by atoms with E-state index >= 15 is 0 Å². The van der Waals surface area contributed by atoms with Crippen LogP contribution in [0.25, 0.3) is 0 Å². The van der Waals surface area contributed by atoms with Gasteiger partial charge in [0.05, 0.1) is 11.6 Å². The van der Waals surface area contributed by atoms with Gasteiger partial charge < -0.3 is 10.4 Å². The van der Waals surface area contributed by atoms with E-state index in [2.05, 4.69) is 10.2 Å². The molecule has 1 aromatic rings. The van der Waals surface area contributed by atoms with Gasteiger partial charge in [-0.1, -0.05) is 23.8 Å². The van der Waals surface area contributed by atoms with E-state index in [1.807, 2.05) is 30.4 Å². The third kappa shape index (κ3) is 2.18. The molecule has 0 aliphatic carbocycles. The van der Waals surface area contributed by atoms with Crippen molar-refractivity contribution >= 4 is 29.1 Å². The number of anilines is 1. The van der Waals surface area contributed by atoms with Crippen LogP contribution in [0.5, 0.6) is 0 Å². The third-order valence-electron chi connectivity index (χ3n) is 3.02. The number of hydrogen-bond acceptors (Lipinski definition) is 4. The number of thioether (sulfide) groups is 1. The number of fused-ring (bicyclic) bond motifs is 2. The summed E-state index contributed by atoms with van der Waals surface area (Å²) in [5, 5.41) is 14.1. The van der Waals surface area contributed by atoms with Crippen molar-refractivity contribution < 1.29 is 5.11 Å². The number of nitrogens with zero attached hydrogens (tertiary/aromatic N) is 1. The normalized spacial score (nSPS) is 27.9. The van der Waals surface area contributed by atoms with Gasteiger partial charge in [0, 0.05) is 16.5 Å². The first-order chi connectivity index (χ1) is 8.24. The smallest absolute Gasteiger partial charge is 0.111 e. The summed E-state index contributed by atoms with van der Waals surface area (Å²) in [6.45, 7) is 0.865. The summed E-state index contributed by atoms with van der Waals surface area (Å²) in [6, 6.07) is 5.83. The minimum Gasteiger partial charge on any atom is -0.385 e. The van der Waals surface area contributed by atoms with Crippen LogP contribution in [0.15, 0.2) is 35.2 Å². The zero-order valence-corrected chi connectivity index (χ0v) is 10.7. The molecule has 2 atom stereocenters. The van der Waals surface area contributed by atoms with Crippen LogP contribution in [-0.4, -0.2) is 34.7 Å². The van der Waals surface area contributed by atoms with Gasteiger partial charge in [-0.25, -0.2) is 0 Å². The number of aliphatic hydroxyl groups excluding tert-OH is 1. The summed E-state index contributed by atoms with van der Waals surface area (Å²) >= 11 is 7.77. The van der Waals surface area contributed by atoms with E-state index in [1.165, 1.54) is 4.90 Å². The Labute approximate surface area is 109 Å². The Kier molecular flexibility index (Phi) is 3.04. The molecule has 2 N–H and O–H groups in total. The predicted octanol–water partition coefficient (Wildman–Crippen LogP) is 2.37. The zero-order chi connectivity index (χ0) is 11.8. The maximum absolute atomic E-state index is 9.99. The number of nitrogens with one attached hydrogen (secondary N) is 1. The lowest BCUT2D eigenvalue weighted by atomic mass is 10.1. The van der Waals surface area contributed by atoms with Crippen molar-refractivity contribution in [2.45, 2.75) is 17.2 Å². The third-order valence-corrected chi connectivity index (χ3v) is 4.38. The molecule has 1 aromatic carbocycles. The average molecular weight is 269 g/mol. The Balaban J connectivity index is 1.95. The molecule has 0 saturated heterocycles. The van der Waals surface area contributed by atoms with E-state index < -0.39 is 6.10 Å². The number of halogens is 1. The predicted molar refractivity (Wildman–Crippen MR) is 71.4 cm³/mol. The van der Waals surface area contributed by atoms with Crippen LogP contribution in [0.3, 0.4) is 0 Å². The van der Waals surface area contributed by atoms with Crippen LogP contribution in [0.1, 0.15) is 0 Å². The van der Waals surface area contributed by atoms with Crippen LogP contribution in [0, 0.1) is 0 Å². The van der Waals surface area contributed by atoms with Crippen molar-refractivity contribution in [3.05, 3.63) is 35.4 Å². The maximum atomic E-state index is 9.99. The highest BCUT2D eigenvalue weighted by Crippen LogP contribution is 2.35. The molecule has 5 heteroatoms. The van der Waals surface area contributed by atoms with E-state index in [4.69, 9.17) is 11.6 Å². The summed E-state index contributed by atoms with van der Waals surface area (Å²) in [6.07, 6.45) is 3.31. The summed E-state index contributed by atoms with van der Waals surface area (Å²) in [5.74, 6) is 0.869. The van der Waals surface area contributed by atoms with Crippen LogP contribution < -0.4 is 5.32 Å². The van der Waals surface area contributed by atoms with Gasteiger partial charge in [-0.3, -0.25) is 4.90 Å². The van der Waals surface area contributed by atoms with Crippen molar-refractivity contribution in [1.82, 2.24) is 4.90 Å². The largest absolute Gasteiger partial charge is 0.385 e. The second-order valence-corrected chi connectivity index (χ2v) is 5.62. The quantitative estimate of drug-likeness (QED) is 0.708. The molecular weight excluding hydrogens is 256 g/mol. The van der Waals surface area contributed by atoms with Crippen LogP contribution in [0.4, 0.5) is 5.69 Å². The molecule has 0 bridgehead atoms. The lowest BCUT2D eigenvalue weighted by molar-refractivity contribution is 0.106. The van der Waals surface area contributed by atoms with E-state index in [9.17, 15) is 5.11 Å². The molecule has 0 aromatic heterocycles. The summed E-state index contributed by atoms with van der Waals surface area (Å²) < 4.78 is 0. The van der Waals surface area contributed by atoms with Crippen molar-refractivity contribution in [1.29, 1.82) is 0 Å². The molecule has 2 aliphatic rings. The molecule has 0 fully saturated rings. The molecule has 90 valence electrons. The molecule has 2 aliphatic heterocycles. The molecular formula is C12H13ClN2OS. The Hall–Kier alpha value is -0.680. The Morgan fingerprint density at radius 1 is 1.47 bits per heavy atom. The number of rotatable bonds is 0. The molecule has 0 spiro atoms. The van der Waals surface area contributed by atoms with E-state index in [1.54, 1.807) is 11.8 Å². The molecule has 1 unspecified atom stereocenters. The van der Waals surface area contributed by atoms with Gasteiger partial charge in [-0.2, -0.15) is 0 Å². The fourth-order valence-corrected chi connectivity index (χ4v) is 3.31. The lowest BCUT2D eigenvalue weighted by Crippen LogP contribution is -2.49. The molecule has 3 rings (SSSR count). The van der Waals surface area contributed by atoms with Crippen molar-refractivity contribution in [3.8, 4) is 0 Å². The number of hydrogen-bond donors (Lipinski definition) is 2. The summed E-state index contributed by atoms with van der Waals surface area (Å²) in [4.78, 5) is 3.39. The summed E-state index contributed by atoms with van der Waals surface area (Å²) in [7, 11) is 0. The lowest BCUT2D eigenvalue weighted by Gasteiger charge is -2.34. The van der Waals surface area contributed by atoms with Crippen LogP contribution in [-0.2, 0) is 0 Å². The second kappa shape index (κ2) is 4.53. The Bertz CT molecular complexity index is 466. The van der Waals surface area contributed by atoms with Crippen molar-refractivity contribution in [2.75, 3.05) is 17.7 Å². The Morgan fingerprint density at radius 3 is 3.24 bits per heavy atom. The SMILES string of the molecule is O[C@H]1C=CCN2CSc3ccc(Cl)cc3NC12. The van der Waals surface area contributed by atoms with Gasteiger partial charge >= 0.3 is 0 Å². The van der Waals surface area contributed by atoms with E-state index in [0.29, 0.717) is 5.02 Å². The summed E-state index contributed by atoms with van der Waals surface area (Å²) in [5.41, 5.74) is 1.00. The minimum atomic E-state index is -0.478. The van der Waals surface area contributed by atoms with Gasteiger partial charge in [0.2, 0.25) is 0 Å². The topological polar surface area (TPSA) is 35.5 Å². The molecule has 2 heterocycles. The van der Waals surface area contributed by atoms with Gasteiger partial charge in [0.15, 0.2) is 0 Å². The minimum absolute atomic E-state index is 0.0628. The fraction of sp³-hybridized carbons (Fsp3) is 0.333. The first-order valence-corrected chi connectivity index (χ1v) is 6.88. The maximum Gasteiger partial charge on any atom is 0.111 e. The molecule has 17 heavy (non-hydrogen) atoms. The van der Waals surface area contributed by atoms with Gasteiger partial charge in [0.1, 0.15) is 12.3 Å². The average Bonchev–Trinajstić information content (AvgIpc) is 2.49. The van der Waals surface area contributed by atoms with E-state index in [0.717, 1.165) is 18.1 Å². The highest BCUT2D eigenvalue weighted by Gasteiger charge is 2.29. The first kappa shape index (κ1) is 11.4. The van der Waals surface area contributed by atoms with Gasteiger partial charge in [-0.15, -0.1) is 11.8 Å². The molecule has 0 saturated carbocycles. The van der Waals surface area contributed by atoms with Gasteiger partial charge in [-0.05, 0) is 18.2 Å². The highest BCUT2D eigenvalue weighted by molar-refractivity contribution is 7.99. The van der Waals surface area contributed by atoms with Crippen LogP contribution >= 0.6 is 23.4 Å². The fourth-order valence-electron chi connectivity index (χ4n) is 2.13. The van der Waals surface area contributed by atoms with Crippen molar-refractivity contribution in [3.63, 3.8) is 0 Å². The second-order valence-electron chi connectivity index (χ2n) is 4.19. The van der Waals surface area contributed by atoms with Gasteiger partial charge in [0.25, 0.3) is 0 Å². The molecule has 0 amide bonds. The van der Waals surface area contributed by atoms with E-state index in [-0.39, 0.29) is 6.17 Å². The Morgan fingerprint density at radius 2 is 2.35 bits per heavy atom. The highest BCUT2D eigenvalue weighted by atomic mass is 35.5. The first-order valence-electron chi connectivity index (χ1n) is 5.52. The molecule has 0 radical (unpaired) electrons. The standard InChI is InChI=1S/C12H13ClN2OS/c13-8-3-4-11-9(6-8)14-12-10(16)2-1-5-15(12)7-17-11/h1-4,6,10,12,14,16H,5,7H2/t10-,12?/m0/s1. The van der Waals surface area contributed by atoms with Crippen molar-refractivity contribution in [2.24, 2.45) is 0 Å². The number of aliphatic hydroxyl groups is 1. The zero-order valence-electron chi connectivity index (χ0n) is 9.14.